The van der Waals surface area contributed by atoms with Crippen LogP contribution in [0.2, 0.25) is 0 Å². The molecule has 1 aromatic carbocycles. The average molecular weight is 266 g/mol. The summed E-state index contributed by atoms with van der Waals surface area (Å²) in [4.78, 5) is 23.1. The number of carboxylic acids is 1. The molecule has 0 aliphatic carbocycles. The van der Waals surface area contributed by atoms with Gasteiger partial charge in [-0.1, -0.05) is 0 Å². The first-order chi connectivity index (χ1) is 9.04. The number of carbonyl (C=O) groups is 1. The third-order valence-electron chi connectivity index (χ3n) is 3.32. The van der Waals surface area contributed by atoms with E-state index in [2.05, 4.69) is 0 Å². The molecule has 0 amide bonds. The van der Waals surface area contributed by atoms with Crippen LogP contribution in [0.25, 0.3) is 0 Å². The molecule has 0 aromatic heterocycles. The Hall–Kier alpha value is -2.15. The van der Waals surface area contributed by atoms with E-state index in [1.54, 1.807) is 4.90 Å². The van der Waals surface area contributed by atoms with Crippen LogP contribution in [0, 0.1) is 10.1 Å². The summed E-state index contributed by atoms with van der Waals surface area (Å²) in [5.41, 5.74) is 0.0157. The average Bonchev–Trinajstić information content (AvgIpc) is 2.85. The van der Waals surface area contributed by atoms with Crippen LogP contribution in [-0.4, -0.2) is 40.3 Å². The van der Waals surface area contributed by atoms with E-state index in [-0.39, 0.29) is 23.9 Å². The lowest BCUT2D eigenvalue weighted by atomic mass is 10.1. The summed E-state index contributed by atoms with van der Waals surface area (Å²) in [5, 5.41) is 29.2. The number of aromatic carboxylic acids is 1. The zero-order valence-electron chi connectivity index (χ0n) is 10.2. The number of hydrogen-bond donors (Lipinski definition) is 2. The van der Waals surface area contributed by atoms with Crippen molar-refractivity contribution in [1.29, 1.82) is 0 Å². The Morgan fingerprint density at radius 2 is 2.26 bits per heavy atom. The molecule has 1 heterocycles. The fraction of sp³-hybridized carbons (Fsp3) is 0.417. The number of hydrogen-bond acceptors (Lipinski definition) is 5. The van der Waals surface area contributed by atoms with Gasteiger partial charge in [-0.25, -0.2) is 4.79 Å². The second kappa shape index (κ2) is 5.23. The quantitative estimate of drug-likeness (QED) is 0.628. The van der Waals surface area contributed by atoms with Crippen molar-refractivity contribution in [3.63, 3.8) is 0 Å². The van der Waals surface area contributed by atoms with Crippen molar-refractivity contribution in [2.24, 2.45) is 0 Å². The summed E-state index contributed by atoms with van der Waals surface area (Å²) in [7, 11) is 0. The molecule has 1 aliphatic heterocycles. The molecule has 0 radical (unpaired) electrons. The summed E-state index contributed by atoms with van der Waals surface area (Å²) in [6, 6.07) is 3.70. The number of aliphatic hydroxyl groups excluding tert-OH is 1. The number of rotatable bonds is 4. The van der Waals surface area contributed by atoms with Crippen LogP contribution in [0.5, 0.6) is 0 Å². The number of nitro groups is 1. The molecule has 1 atom stereocenters. The van der Waals surface area contributed by atoms with Gasteiger partial charge in [0.05, 0.1) is 23.1 Å². The maximum atomic E-state index is 11.1. The van der Waals surface area contributed by atoms with Crippen molar-refractivity contribution in [1.82, 2.24) is 0 Å². The number of nitro benzene ring substituents is 1. The van der Waals surface area contributed by atoms with Gasteiger partial charge in [0, 0.05) is 12.6 Å². The van der Waals surface area contributed by atoms with Gasteiger partial charge in [-0.2, -0.15) is 0 Å². The van der Waals surface area contributed by atoms with E-state index in [1.807, 2.05) is 0 Å². The monoisotopic (exact) mass is 266 g/mol. The molecule has 19 heavy (non-hydrogen) atoms. The van der Waals surface area contributed by atoms with E-state index in [1.165, 1.54) is 12.1 Å². The normalized spacial score (nSPS) is 18.6. The van der Waals surface area contributed by atoms with Gasteiger partial charge in [0.1, 0.15) is 5.69 Å². The second-order valence-electron chi connectivity index (χ2n) is 4.44. The molecular formula is C12H14N2O5. The fourth-order valence-corrected chi connectivity index (χ4v) is 2.39. The van der Waals surface area contributed by atoms with Crippen LogP contribution in [-0.2, 0) is 0 Å². The highest BCUT2D eigenvalue weighted by Crippen LogP contribution is 2.34. The minimum absolute atomic E-state index is 0.0716. The zero-order chi connectivity index (χ0) is 14.0. The number of carboxylic acid groups (broad SMARTS) is 1. The number of nitrogens with zero attached hydrogens (tertiary/aromatic N) is 2. The Labute approximate surface area is 109 Å². The standard InChI is InChI=1S/C12H14N2O5/c15-7-9-2-1-5-13(9)10-4-3-8(12(16)17)6-11(10)14(18)19/h3-4,6,9,15H,1-2,5,7H2,(H,16,17). The molecule has 7 nitrogen and oxygen atoms in total. The highest BCUT2D eigenvalue weighted by Gasteiger charge is 2.29. The van der Waals surface area contributed by atoms with Crippen LogP contribution in [0.3, 0.4) is 0 Å². The topological polar surface area (TPSA) is 104 Å². The molecule has 102 valence electrons. The molecule has 1 fully saturated rings. The highest BCUT2D eigenvalue weighted by molar-refractivity contribution is 5.89. The first-order valence-electron chi connectivity index (χ1n) is 5.94. The highest BCUT2D eigenvalue weighted by atomic mass is 16.6. The summed E-state index contributed by atoms with van der Waals surface area (Å²) in [6.07, 6.45) is 1.62. The maximum Gasteiger partial charge on any atom is 0.335 e. The molecule has 7 heteroatoms. The molecule has 0 bridgehead atoms. The molecule has 1 aliphatic rings. The van der Waals surface area contributed by atoms with Crippen LogP contribution < -0.4 is 4.90 Å². The molecule has 2 rings (SSSR count). The third kappa shape index (κ3) is 2.50. The van der Waals surface area contributed by atoms with Crippen molar-refractivity contribution in [3.05, 3.63) is 33.9 Å². The summed E-state index contributed by atoms with van der Waals surface area (Å²) in [5.74, 6) is -1.20. The largest absolute Gasteiger partial charge is 0.478 e. The predicted octanol–water partition coefficient (Wildman–Crippen LogP) is 1.25. The summed E-state index contributed by atoms with van der Waals surface area (Å²) >= 11 is 0. The van der Waals surface area contributed by atoms with E-state index in [9.17, 15) is 20.0 Å². The van der Waals surface area contributed by atoms with Crippen molar-refractivity contribution in [2.75, 3.05) is 18.1 Å². The van der Waals surface area contributed by atoms with E-state index in [0.717, 1.165) is 18.9 Å². The van der Waals surface area contributed by atoms with Crippen LogP contribution in [0.1, 0.15) is 23.2 Å². The molecular weight excluding hydrogens is 252 g/mol. The van der Waals surface area contributed by atoms with Crippen molar-refractivity contribution >= 4 is 17.3 Å². The van der Waals surface area contributed by atoms with Gasteiger partial charge in [-0.15, -0.1) is 0 Å². The Bertz CT molecular complexity index is 517. The number of anilines is 1. The fourth-order valence-electron chi connectivity index (χ4n) is 2.39. The minimum atomic E-state index is -1.20. The van der Waals surface area contributed by atoms with Gasteiger partial charge in [-0.3, -0.25) is 10.1 Å². The second-order valence-corrected chi connectivity index (χ2v) is 4.44. The zero-order valence-corrected chi connectivity index (χ0v) is 10.2. The van der Waals surface area contributed by atoms with Gasteiger partial charge in [0.25, 0.3) is 5.69 Å². The minimum Gasteiger partial charge on any atom is -0.478 e. The van der Waals surface area contributed by atoms with Gasteiger partial charge in [0.2, 0.25) is 0 Å². The SMILES string of the molecule is O=C(O)c1ccc(N2CCCC2CO)c([N+](=O)[O-])c1. The molecule has 1 aromatic rings. The first kappa shape index (κ1) is 13.3. The molecule has 0 saturated carbocycles. The van der Waals surface area contributed by atoms with E-state index in [4.69, 9.17) is 5.11 Å². The van der Waals surface area contributed by atoms with Gasteiger partial charge in [0.15, 0.2) is 0 Å². The Kier molecular flexibility index (Phi) is 3.66. The van der Waals surface area contributed by atoms with E-state index < -0.39 is 10.9 Å². The van der Waals surface area contributed by atoms with Crippen molar-refractivity contribution in [3.8, 4) is 0 Å². The van der Waals surface area contributed by atoms with Crippen molar-refractivity contribution < 1.29 is 19.9 Å². The van der Waals surface area contributed by atoms with E-state index >= 15 is 0 Å². The van der Waals surface area contributed by atoms with Crippen molar-refractivity contribution in [2.45, 2.75) is 18.9 Å². The lowest BCUT2D eigenvalue weighted by Crippen LogP contribution is -2.32. The molecule has 0 spiro atoms. The Morgan fingerprint density at radius 3 is 2.84 bits per heavy atom. The Balaban J connectivity index is 2.45. The smallest absolute Gasteiger partial charge is 0.335 e. The van der Waals surface area contributed by atoms with Crippen LogP contribution >= 0.6 is 0 Å². The van der Waals surface area contributed by atoms with Crippen LogP contribution in [0.15, 0.2) is 18.2 Å². The Morgan fingerprint density at radius 1 is 1.53 bits per heavy atom. The number of aliphatic hydroxyl groups is 1. The maximum absolute atomic E-state index is 11.1. The van der Waals surface area contributed by atoms with Gasteiger partial charge in [-0.05, 0) is 25.0 Å². The van der Waals surface area contributed by atoms with E-state index in [0.29, 0.717) is 12.2 Å². The third-order valence-corrected chi connectivity index (χ3v) is 3.32. The summed E-state index contributed by atoms with van der Waals surface area (Å²) in [6.45, 7) is 0.552. The lowest BCUT2D eigenvalue weighted by Gasteiger charge is -2.24. The van der Waals surface area contributed by atoms with Crippen LogP contribution in [0.4, 0.5) is 11.4 Å². The molecule has 2 N–H and O–H groups in total. The molecule has 1 unspecified atom stereocenters. The number of benzene rings is 1. The van der Waals surface area contributed by atoms with Gasteiger partial charge >= 0.3 is 5.97 Å². The molecule has 1 saturated heterocycles. The lowest BCUT2D eigenvalue weighted by molar-refractivity contribution is -0.384. The first-order valence-corrected chi connectivity index (χ1v) is 5.94. The summed E-state index contributed by atoms with van der Waals surface area (Å²) < 4.78 is 0. The predicted molar refractivity (Wildman–Crippen MR) is 67.5 cm³/mol. The van der Waals surface area contributed by atoms with Gasteiger partial charge < -0.3 is 15.1 Å².